The summed E-state index contributed by atoms with van der Waals surface area (Å²) in [5, 5.41) is 1.33. The molecule has 0 spiro atoms. The normalized spacial score (nSPS) is 13.1. The number of fused-ring (bicyclic) bond motifs is 1. The van der Waals surface area contributed by atoms with Crippen LogP contribution in [-0.4, -0.2) is 0 Å². The Labute approximate surface area is 120 Å². The minimum atomic E-state index is 0.886. The van der Waals surface area contributed by atoms with E-state index in [0.717, 1.165) is 10.1 Å². The maximum absolute atomic E-state index is 4.41. The zero-order valence-electron chi connectivity index (χ0n) is 11.3. The van der Waals surface area contributed by atoms with Gasteiger partial charge in [0, 0.05) is 4.70 Å². The Hall–Kier alpha value is -0.470. The Bertz CT molecular complexity index is 499. The number of unbranched alkanes of at least 4 members (excludes halogenated alkanes) is 1. The van der Waals surface area contributed by atoms with Crippen LogP contribution in [0.1, 0.15) is 45.1 Å². The van der Waals surface area contributed by atoms with Crippen LogP contribution in [0.5, 0.6) is 0 Å². The summed E-state index contributed by atoms with van der Waals surface area (Å²) < 4.78 is 2.48. The smallest absolute Gasteiger partial charge is 0.0580 e. The van der Waals surface area contributed by atoms with Gasteiger partial charge >= 0.3 is 0 Å². The van der Waals surface area contributed by atoms with Gasteiger partial charge in [0.1, 0.15) is 0 Å². The molecule has 0 saturated carbocycles. The highest BCUT2D eigenvalue weighted by molar-refractivity contribution is 7.83. The summed E-state index contributed by atoms with van der Waals surface area (Å²) in [5.74, 6) is 0.886. The third-order valence-corrected chi connectivity index (χ3v) is 4.98. The van der Waals surface area contributed by atoms with Gasteiger partial charge in [0.2, 0.25) is 0 Å². The molecule has 0 fully saturated rings. The Morgan fingerprint density at radius 1 is 1.22 bits per heavy atom. The van der Waals surface area contributed by atoms with Crippen molar-refractivity contribution in [3.05, 3.63) is 29.8 Å². The topological polar surface area (TPSA) is 0 Å². The highest BCUT2D eigenvalue weighted by atomic mass is 32.2. The maximum Gasteiger partial charge on any atom is 0.0580 e. The van der Waals surface area contributed by atoms with Crippen molar-refractivity contribution in [1.82, 2.24) is 0 Å². The molecule has 1 aromatic carbocycles. The molecule has 2 rings (SSSR count). The quantitative estimate of drug-likeness (QED) is 0.490. The van der Waals surface area contributed by atoms with Gasteiger partial charge in [0.25, 0.3) is 0 Å². The van der Waals surface area contributed by atoms with Crippen molar-refractivity contribution >= 4 is 34.1 Å². The van der Waals surface area contributed by atoms with Gasteiger partial charge in [-0.25, -0.2) is 0 Å². The van der Waals surface area contributed by atoms with Crippen molar-refractivity contribution in [2.75, 3.05) is 0 Å². The van der Waals surface area contributed by atoms with Crippen molar-refractivity contribution in [1.29, 1.82) is 0 Å². The van der Waals surface area contributed by atoms with Gasteiger partial charge in [0.15, 0.2) is 0 Å². The van der Waals surface area contributed by atoms with E-state index < -0.39 is 0 Å². The van der Waals surface area contributed by atoms with E-state index in [-0.39, 0.29) is 0 Å². The van der Waals surface area contributed by atoms with Crippen molar-refractivity contribution < 1.29 is 0 Å². The molecule has 1 unspecified atom stereocenters. The Morgan fingerprint density at radius 3 is 2.83 bits per heavy atom. The maximum atomic E-state index is 4.41. The van der Waals surface area contributed by atoms with E-state index in [4.69, 9.17) is 0 Å². The Morgan fingerprint density at radius 2 is 2.06 bits per heavy atom. The number of benzene rings is 1. The zero-order chi connectivity index (χ0) is 13.0. The van der Waals surface area contributed by atoms with Gasteiger partial charge in [0.05, 0.1) is 4.21 Å². The van der Waals surface area contributed by atoms with E-state index in [1.165, 1.54) is 47.8 Å². The van der Waals surface area contributed by atoms with E-state index >= 15 is 0 Å². The van der Waals surface area contributed by atoms with E-state index in [2.05, 4.69) is 50.7 Å². The van der Waals surface area contributed by atoms with Crippen LogP contribution in [-0.2, 0) is 6.42 Å². The average molecular weight is 278 g/mol. The third kappa shape index (κ3) is 3.76. The molecule has 0 aliphatic carbocycles. The lowest BCUT2D eigenvalue weighted by Crippen LogP contribution is -1.93. The van der Waals surface area contributed by atoms with Crippen LogP contribution in [0.25, 0.3) is 10.1 Å². The molecule has 1 aromatic heterocycles. The fraction of sp³-hybridized carbons (Fsp3) is 0.500. The van der Waals surface area contributed by atoms with Crippen LogP contribution in [0.4, 0.5) is 0 Å². The molecule has 0 aliphatic heterocycles. The molecule has 1 atom stereocenters. The van der Waals surface area contributed by atoms with Gasteiger partial charge in [-0.3, -0.25) is 0 Å². The van der Waals surface area contributed by atoms with Crippen LogP contribution in [0.2, 0.25) is 0 Å². The van der Waals surface area contributed by atoms with Crippen molar-refractivity contribution in [2.45, 2.75) is 50.2 Å². The lowest BCUT2D eigenvalue weighted by atomic mass is 9.99. The molecule has 0 nitrogen and oxygen atoms in total. The number of thiol groups is 1. The summed E-state index contributed by atoms with van der Waals surface area (Å²) in [6.07, 6.45) is 6.57. The summed E-state index contributed by atoms with van der Waals surface area (Å²) in [7, 11) is 0. The summed E-state index contributed by atoms with van der Waals surface area (Å²) in [5.41, 5.74) is 1.47. The molecule has 0 bridgehead atoms. The molecule has 0 N–H and O–H groups in total. The summed E-state index contributed by atoms with van der Waals surface area (Å²) >= 11 is 6.19. The largest absolute Gasteiger partial charge is 0.133 e. The van der Waals surface area contributed by atoms with Gasteiger partial charge in [-0.15, -0.1) is 24.0 Å². The van der Waals surface area contributed by atoms with Gasteiger partial charge in [-0.2, -0.15) is 0 Å². The monoisotopic (exact) mass is 278 g/mol. The number of aryl methyl sites for hydroxylation is 1. The summed E-state index contributed by atoms with van der Waals surface area (Å²) in [6, 6.07) is 8.99. The van der Waals surface area contributed by atoms with E-state index in [9.17, 15) is 0 Å². The molecular formula is C16H22S2. The number of thiophene rings is 1. The molecular weight excluding hydrogens is 256 g/mol. The fourth-order valence-corrected chi connectivity index (χ4v) is 3.54. The first-order chi connectivity index (χ1) is 8.69. The van der Waals surface area contributed by atoms with Crippen molar-refractivity contribution in [3.63, 3.8) is 0 Å². The zero-order valence-corrected chi connectivity index (χ0v) is 13.0. The minimum absolute atomic E-state index is 0.886. The number of rotatable bonds is 6. The second-order valence-corrected chi connectivity index (χ2v) is 7.08. The molecule has 2 aromatic rings. The lowest BCUT2D eigenvalue weighted by Gasteiger charge is -2.07. The SMILES string of the molecule is CCC(C)CCCCc1ccc2cc(S)sc2c1. The molecule has 0 radical (unpaired) electrons. The number of hydrogen-bond donors (Lipinski definition) is 1. The average Bonchev–Trinajstić information content (AvgIpc) is 2.73. The fourth-order valence-electron chi connectivity index (χ4n) is 2.24. The highest BCUT2D eigenvalue weighted by Gasteiger charge is 2.02. The standard InChI is InChI=1S/C16H22S2/c1-3-12(2)6-4-5-7-13-8-9-14-11-16(17)18-15(14)10-13/h8-12,17H,3-7H2,1-2H3. The first-order valence-electron chi connectivity index (χ1n) is 6.90. The first kappa shape index (κ1) is 14.0. The predicted molar refractivity (Wildman–Crippen MR) is 86.1 cm³/mol. The molecule has 0 saturated heterocycles. The summed E-state index contributed by atoms with van der Waals surface area (Å²) in [4.78, 5) is 0. The molecule has 1 heterocycles. The van der Waals surface area contributed by atoms with E-state index in [1.807, 2.05) is 0 Å². The van der Waals surface area contributed by atoms with Crippen LogP contribution in [0.3, 0.4) is 0 Å². The second kappa shape index (κ2) is 6.63. The van der Waals surface area contributed by atoms with Crippen LogP contribution < -0.4 is 0 Å². The van der Waals surface area contributed by atoms with Gasteiger partial charge in [-0.1, -0.05) is 45.2 Å². The van der Waals surface area contributed by atoms with Crippen molar-refractivity contribution in [2.24, 2.45) is 5.92 Å². The molecule has 98 valence electrons. The molecule has 0 aliphatic rings. The summed E-state index contributed by atoms with van der Waals surface area (Å²) in [6.45, 7) is 4.64. The highest BCUT2D eigenvalue weighted by Crippen LogP contribution is 2.29. The van der Waals surface area contributed by atoms with E-state index in [0.29, 0.717) is 0 Å². The minimum Gasteiger partial charge on any atom is -0.133 e. The molecule has 2 heteroatoms. The number of hydrogen-bond acceptors (Lipinski definition) is 2. The van der Waals surface area contributed by atoms with Crippen LogP contribution in [0.15, 0.2) is 28.5 Å². The third-order valence-electron chi connectivity index (χ3n) is 3.68. The van der Waals surface area contributed by atoms with Gasteiger partial charge in [-0.05, 0) is 41.8 Å². The van der Waals surface area contributed by atoms with Crippen LogP contribution >= 0.6 is 24.0 Å². The van der Waals surface area contributed by atoms with E-state index in [1.54, 1.807) is 11.3 Å². The molecule has 18 heavy (non-hydrogen) atoms. The Balaban J connectivity index is 1.87. The second-order valence-electron chi connectivity index (χ2n) is 5.22. The predicted octanol–water partition coefficient (Wildman–Crippen LogP) is 5.95. The Kier molecular flexibility index (Phi) is 5.13. The van der Waals surface area contributed by atoms with Crippen LogP contribution in [0, 0.1) is 5.92 Å². The first-order valence-corrected chi connectivity index (χ1v) is 8.17. The van der Waals surface area contributed by atoms with Gasteiger partial charge < -0.3 is 0 Å². The molecule has 0 amide bonds. The van der Waals surface area contributed by atoms with Crippen molar-refractivity contribution in [3.8, 4) is 0 Å². The lowest BCUT2D eigenvalue weighted by molar-refractivity contribution is 0.485.